The van der Waals surface area contributed by atoms with E-state index in [-0.39, 0.29) is 6.04 Å². The van der Waals surface area contributed by atoms with Gasteiger partial charge < -0.3 is 4.42 Å². The van der Waals surface area contributed by atoms with Gasteiger partial charge in [0, 0.05) is 12.1 Å². The van der Waals surface area contributed by atoms with E-state index < -0.39 is 0 Å². The first kappa shape index (κ1) is 12.2. The first-order chi connectivity index (χ1) is 8.19. The Bertz CT molecular complexity index is 505. The van der Waals surface area contributed by atoms with Crippen LogP contribution in [-0.2, 0) is 6.54 Å². The summed E-state index contributed by atoms with van der Waals surface area (Å²) in [7, 11) is 0. The van der Waals surface area contributed by atoms with Crippen LogP contribution in [0.25, 0.3) is 0 Å². The smallest absolute Gasteiger partial charge is 0.105 e. The highest BCUT2D eigenvalue weighted by molar-refractivity contribution is 6.31. The molecule has 5 nitrogen and oxygen atoms in total. The second-order valence-electron chi connectivity index (χ2n) is 3.73. The van der Waals surface area contributed by atoms with E-state index in [0.29, 0.717) is 5.02 Å². The van der Waals surface area contributed by atoms with Gasteiger partial charge in [0.2, 0.25) is 0 Å². The Hall–Kier alpha value is -1.30. The first-order valence-corrected chi connectivity index (χ1v) is 5.78. The van der Waals surface area contributed by atoms with Gasteiger partial charge in [0.15, 0.2) is 0 Å². The molecular formula is C11H15ClN4O. The van der Waals surface area contributed by atoms with E-state index in [1.807, 2.05) is 24.6 Å². The maximum Gasteiger partial charge on any atom is 0.105 e. The lowest BCUT2D eigenvalue weighted by Crippen LogP contribution is -2.31. The Labute approximate surface area is 105 Å². The number of hydrogen-bond acceptors (Lipinski definition) is 4. The molecule has 6 heteroatoms. The minimum atomic E-state index is -0.219. The molecule has 17 heavy (non-hydrogen) atoms. The van der Waals surface area contributed by atoms with E-state index in [1.54, 1.807) is 12.5 Å². The van der Waals surface area contributed by atoms with Gasteiger partial charge in [0.05, 0.1) is 29.2 Å². The van der Waals surface area contributed by atoms with Crippen molar-refractivity contribution >= 4 is 11.6 Å². The lowest BCUT2D eigenvalue weighted by Gasteiger charge is -2.17. The average molecular weight is 255 g/mol. The highest BCUT2D eigenvalue weighted by Gasteiger charge is 2.23. The lowest BCUT2D eigenvalue weighted by molar-refractivity contribution is 0.506. The summed E-state index contributed by atoms with van der Waals surface area (Å²) in [5.74, 6) is 6.44. The van der Waals surface area contributed by atoms with Crippen LogP contribution < -0.4 is 11.3 Å². The van der Waals surface area contributed by atoms with Crippen LogP contribution in [0.15, 0.2) is 22.9 Å². The van der Waals surface area contributed by atoms with Crippen LogP contribution in [0.5, 0.6) is 0 Å². The van der Waals surface area contributed by atoms with Gasteiger partial charge in [0.1, 0.15) is 5.76 Å². The molecule has 1 unspecified atom stereocenters. The third kappa shape index (κ3) is 2.09. The van der Waals surface area contributed by atoms with Crippen molar-refractivity contribution in [1.82, 2.24) is 15.2 Å². The molecule has 0 aromatic carbocycles. The molecule has 0 aliphatic heterocycles. The number of aryl methyl sites for hydroxylation is 2. The van der Waals surface area contributed by atoms with Gasteiger partial charge >= 0.3 is 0 Å². The van der Waals surface area contributed by atoms with Crippen molar-refractivity contribution in [2.45, 2.75) is 26.4 Å². The zero-order valence-electron chi connectivity index (χ0n) is 9.77. The standard InChI is InChI=1S/C11H15ClN4O/c1-3-16-11(9(12)6-14-16)10(15-13)8-4-5-17-7(8)2/h4-6,10,15H,3,13H2,1-2H3. The third-order valence-corrected chi connectivity index (χ3v) is 3.07. The summed E-state index contributed by atoms with van der Waals surface area (Å²) in [4.78, 5) is 0. The predicted molar refractivity (Wildman–Crippen MR) is 65.5 cm³/mol. The average Bonchev–Trinajstić information content (AvgIpc) is 2.89. The number of nitrogens with zero attached hydrogens (tertiary/aromatic N) is 2. The normalized spacial score (nSPS) is 12.9. The SMILES string of the molecule is CCn1ncc(Cl)c1C(NN)c1ccoc1C. The van der Waals surface area contributed by atoms with Crippen molar-refractivity contribution in [2.75, 3.05) is 0 Å². The molecule has 0 fully saturated rings. The monoisotopic (exact) mass is 254 g/mol. The fourth-order valence-electron chi connectivity index (χ4n) is 1.92. The highest BCUT2D eigenvalue weighted by Crippen LogP contribution is 2.29. The molecule has 2 heterocycles. The van der Waals surface area contributed by atoms with E-state index >= 15 is 0 Å². The van der Waals surface area contributed by atoms with Crippen molar-refractivity contribution in [1.29, 1.82) is 0 Å². The molecule has 0 spiro atoms. The number of nitrogens with one attached hydrogen (secondary N) is 1. The maximum absolute atomic E-state index is 6.16. The van der Waals surface area contributed by atoms with Crippen molar-refractivity contribution in [3.8, 4) is 0 Å². The Morgan fingerprint density at radius 3 is 2.94 bits per heavy atom. The zero-order valence-corrected chi connectivity index (χ0v) is 10.5. The molecule has 0 radical (unpaired) electrons. The Kier molecular flexibility index (Phi) is 3.51. The molecule has 2 aromatic rings. The number of nitrogens with two attached hydrogens (primary N) is 1. The van der Waals surface area contributed by atoms with Gasteiger partial charge in [0.25, 0.3) is 0 Å². The molecule has 3 N–H and O–H groups in total. The molecule has 92 valence electrons. The summed E-state index contributed by atoms with van der Waals surface area (Å²) in [5, 5.41) is 4.79. The van der Waals surface area contributed by atoms with Crippen LogP contribution >= 0.6 is 11.6 Å². The predicted octanol–water partition coefficient (Wildman–Crippen LogP) is 2.01. The Morgan fingerprint density at radius 1 is 1.65 bits per heavy atom. The van der Waals surface area contributed by atoms with Crippen molar-refractivity contribution in [3.63, 3.8) is 0 Å². The van der Waals surface area contributed by atoms with Crippen molar-refractivity contribution in [3.05, 3.63) is 40.6 Å². The largest absolute Gasteiger partial charge is 0.469 e. The van der Waals surface area contributed by atoms with Crippen LogP contribution in [-0.4, -0.2) is 9.78 Å². The molecule has 1 atom stereocenters. The third-order valence-electron chi connectivity index (χ3n) is 2.78. The Morgan fingerprint density at radius 2 is 2.41 bits per heavy atom. The number of rotatable bonds is 4. The summed E-state index contributed by atoms with van der Waals surface area (Å²) >= 11 is 6.16. The zero-order chi connectivity index (χ0) is 12.4. The van der Waals surface area contributed by atoms with Crippen LogP contribution in [0.2, 0.25) is 5.02 Å². The minimum Gasteiger partial charge on any atom is -0.469 e. The summed E-state index contributed by atoms with van der Waals surface area (Å²) in [6.45, 7) is 4.62. The summed E-state index contributed by atoms with van der Waals surface area (Å²) in [6, 6.07) is 1.66. The van der Waals surface area contributed by atoms with Crippen LogP contribution in [0.3, 0.4) is 0 Å². The molecule has 0 aliphatic carbocycles. The van der Waals surface area contributed by atoms with Crippen LogP contribution in [0.4, 0.5) is 0 Å². The highest BCUT2D eigenvalue weighted by atomic mass is 35.5. The van der Waals surface area contributed by atoms with Gasteiger partial charge in [-0.15, -0.1) is 0 Å². The van der Waals surface area contributed by atoms with E-state index in [1.165, 1.54) is 0 Å². The van der Waals surface area contributed by atoms with Crippen molar-refractivity contribution in [2.24, 2.45) is 5.84 Å². The fraction of sp³-hybridized carbons (Fsp3) is 0.364. The summed E-state index contributed by atoms with van der Waals surface area (Å²) in [6.07, 6.45) is 3.26. The minimum absolute atomic E-state index is 0.219. The van der Waals surface area contributed by atoms with E-state index in [9.17, 15) is 0 Å². The van der Waals surface area contributed by atoms with Crippen LogP contribution in [0, 0.1) is 6.92 Å². The van der Waals surface area contributed by atoms with Gasteiger partial charge in [-0.3, -0.25) is 10.5 Å². The second kappa shape index (κ2) is 4.91. The maximum atomic E-state index is 6.16. The van der Waals surface area contributed by atoms with E-state index in [0.717, 1.165) is 23.6 Å². The molecule has 2 aromatic heterocycles. The van der Waals surface area contributed by atoms with Gasteiger partial charge in [-0.25, -0.2) is 5.43 Å². The number of furan rings is 1. The topological polar surface area (TPSA) is 69.0 Å². The quantitative estimate of drug-likeness (QED) is 0.647. The van der Waals surface area contributed by atoms with Crippen molar-refractivity contribution < 1.29 is 4.42 Å². The second-order valence-corrected chi connectivity index (χ2v) is 4.13. The lowest BCUT2D eigenvalue weighted by atomic mass is 10.1. The first-order valence-electron chi connectivity index (χ1n) is 5.40. The van der Waals surface area contributed by atoms with Gasteiger partial charge in [-0.1, -0.05) is 11.6 Å². The number of hydrogen-bond donors (Lipinski definition) is 2. The summed E-state index contributed by atoms with van der Waals surface area (Å²) in [5.41, 5.74) is 4.57. The van der Waals surface area contributed by atoms with Gasteiger partial charge in [-0.2, -0.15) is 5.10 Å². The number of halogens is 1. The molecular weight excluding hydrogens is 240 g/mol. The summed E-state index contributed by atoms with van der Waals surface area (Å²) < 4.78 is 7.11. The molecule has 0 saturated heterocycles. The van der Waals surface area contributed by atoms with E-state index in [2.05, 4.69) is 10.5 Å². The van der Waals surface area contributed by atoms with Crippen LogP contribution in [0.1, 0.15) is 30.0 Å². The number of hydrazine groups is 1. The fourth-order valence-corrected chi connectivity index (χ4v) is 2.17. The molecule has 0 bridgehead atoms. The molecule has 0 aliphatic rings. The molecule has 0 amide bonds. The number of aromatic nitrogens is 2. The van der Waals surface area contributed by atoms with Gasteiger partial charge in [-0.05, 0) is 19.9 Å². The van der Waals surface area contributed by atoms with E-state index in [4.69, 9.17) is 21.9 Å². The molecule has 0 saturated carbocycles. The Balaban J connectivity index is 2.49. The molecule has 2 rings (SSSR count).